The molecule has 5 heteroatoms. The summed E-state index contributed by atoms with van der Waals surface area (Å²) in [5.74, 6) is -3.01. The van der Waals surface area contributed by atoms with Gasteiger partial charge in [0.25, 0.3) is 0 Å². The van der Waals surface area contributed by atoms with E-state index in [0.717, 1.165) is 6.08 Å². The van der Waals surface area contributed by atoms with Crippen LogP contribution < -0.4 is 0 Å². The van der Waals surface area contributed by atoms with Crippen LogP contribution in [0.5, 0.6) is 0 Å². The third-order valence-electron chi connectivity index (χ3n) is 3.16. The molecule has 1 aliphatic carbocycles. The molecular weight excluding hydrogens is 255 g/mol. The fourth-order valence-electron chi connectivity index (χ4n) is 2.25. The molecule has 1 aliphatic rings. The van der Waals surface area contributed by atoms with Gasteiger partial charge in [0.15, 0.2) is 5.78 Å². The molecule has 0 aliphatic heterocycles. The molecule has 0 radical (unpaired) electrons. The summed E-state index contributed by atoms with van der Waals surface area (Å²) in [6, 6.07) is 6.80. The van der Waals surface area contributed by atoms with Crippen molar-refractivity contribution in [1.29, 1.82) is 0 Å². The van der Waals surface area contributed by atoms with E-state index in [2.05, 4.69) is 4.98 Å². The number of fused-ring (bicyclic) bond motifs is 3. The molecule has 0 fully saturated rings. The summed E-state index contributed by atoms with van der Waals surface area (Å²) < 4.78 is 38.4. The smallest absolute Gasteiger partial charge is 0.293 e. The Labute approximate surface area is 106 Å². The number of Topliss-reactive ketones (excluding diaryl/α,β-unsaturated/α-hetero) is 1. The molecule has 1 aromatic carbocycles. The number of benzene rings is 1. The number of rotatable bonds is 0. The summed E-state index contributed by atoms with van der Waals surface area (Å²) in [6.45, 7) is 0. The van der Waals surface area contributed by atoms with Gasteiger partial charge in [0.1, 0.15) is 5.92 Å². The molecule has 1 heterocycles. The lowest BCUT2D eigenvalue weighted by molar-refractivity contribution is -0.148. The lowest BCUT2D eigenvalue weighted by Gasteiger charge is -2.21. The second kappa shape index (κ2) is 3.91. The fourth-order valence-corrected chi connectivity index (χ4v) is 2.25. The van der Waals surface area contributed by atoms with E-state index < -0.39 is 17.9 Å². The fraction of sp³-hybridized carbons (Fsp3) is 0.143. The topological polar surface area (TPSA) is 30.0 Å². The third-order valence-corrected chi connectivity index (χ3v) is 3.16. The van der Waals surface area contributed by atoms with Crippen molar-refractivity contribution in [3.05, 3.63) is 47.8 Å². The minimum atomic E-state index is -4.57. The molecular formula is C14H8F3NO. The van der Waals surface area contributed by atoms with E-state index >= 15 is 0 Å². The minimum absolute atomic E-state index is 0.0583. The highest BCUT2D eigenvalue weighted by atomic mass is 19.4. The molecule has 0 saturated heterocycles. The zero-order chi connectivity index (χ0) is 13.6. The Morgan fingerprint density at radius 3 is 2.63 bits per heavy atom. The van der Waals surface area contributed by atoms with E-state index in [1.54, 1.807) is 30.5 Å². The van der Waals surface area contributed by atoms with E-state index in [0.29, 0.717) is 16.5 Å². The SMILES string of the molecule is O=C1c2c(ncc3ccccc23)C=CC1C(F)(F)F. The van der Waals surface area contributed by atoms with Gasteiger partial charge in [-0.3, -0.25) is 9.78 Å². The number of allylic oxidation sites excluding steroid dienone is 1. The standard InChI is InChI=1S/C14H8F3NO/c15-14(16,17)10-5-6-11-12(13(10)19)9-4-2-1-3-8(9)7-18-11/h1-7,10H. The molecule has 0 amide bonds. The first-order valence-corrected chi connectivity index (χ1v) is 5.65. The maximum Gasteiger partial charge on any atom is 0.402 e. The number of alkyl halides is 3. The van der Waals surface area contributed by atoms with Crippen molar-refractivity contribution in [3.63, 3.8) is 0 Å². The molecule has 19 heavy (non-hydrogen) atoms. The second-order valence-electron chi connectivity index (χ2n) is 4.35. The van der Waals surface area contributed by atoms with Crippen LogP contribution in [0.2, 0.25) is 0 Å². The summed E-state index contributed by atoms with van der Waals surface area (Å²) in [7, 11) is 0. The molecule has 1 unspecified atom stereocenters. The van der Waals surface area contributed by atoms with Gasteiger partial charge in [0.2, 0.25) is 0 Å². The van der Waals surface area contributed by atoms with E-state index in [-0.39, 0.29) is 5.56 Å². The number of carbonyl (C=O) groups is 1. The van der Waals surface area contributed by atoms with Crippen LogP contribution >= 0.6 is 0 Å². The average molecular weight is 263 g/mol. The Balaban J connectivity index is 2.27. The number of ketones is 1. The predicted molar refractivity (Wildman–Crippen MR) is 64.7 cm³/mol. The molecule has 0 spiro atoms. The van der Waals surface area contributed by atoms with Crippen LogP contribution in [0.4, 0.5) is 13.2 Å². The molecule has 2 aromatic rings. The van der Waals surface area contributed by atoms with Gasteiger partial charge in [0.05, 0.1) is 11.3 Å². The van der Waals surface area contributed by atoms with Crippen LogP contribution in [0.15, 0.2) is 36.5 Å². The number of halogens is 3. The first-order valence-electron chi connectivity index (χ1n) is 5.65. The number of pyridine rings is 1. The minimum Gasteiger partial charge on any atom is -0.293 e. The van der Waals surface area contributed by atoms with Gasteiger partial charge in [-0.25, -0.2) is 0 Å². The molecule has 0 N–H and O–H groups in total. The molecule has 1 atom stereocenters. The molecule has 1 aromatic heterocycles. The zero-order valence-electron chi connectivity index (χ0n) is 9.61. The van der Waals surface area contributed by atoms with Crippen LogP contribution in [-0.4, -0.2) is 16.9 Å². The van der Waals surface area contributed by atoms with Crippen molar-refractivity contribution in [1.82, 2.24) is 4.98 Å². The van der Waals surface area contributed by atoms with Crippen molar-refractivity contribution >= 4 is 22.6 Å². The van der Waals surface area contributed by atoms with Gasteiger partial charge < -0.3 is 0 Å². The van der Waals surface area contributed by atoms with Crippen molar-refractivity contribution in [3.8, 4) is 0 Å². The van der Waals surface area contributed by atoms with Crippen LogP contribution in [0.25, 0.3) is 16.8 Å². The highest BCUT2D eigenvalue weighted by molar-refractivity contribution is 6.13. The van der Waals surface area contributed by atoms with Gasteiger partial charge in [0, 0.05) is 11.6 Å². The van der Waals surface area contributed by atoms with Crippen LogP contribution in [0.3, 0.4) is 0 Å². The number of nitrogens with zero attached hydrogens (tertiary/aromatic N) is 1. The lowest BCUT2D eigenvalue weighted by atomic mass is 9.87. The summed E-state index contributed by atoms with van der Waals surface area (Å²) in [5.41, 5.74) is 0.354. The first-order chi connectivity index (χ1) is 8.98. The van der Waals surface area contributed by atoms with Crippen LogP contribution in [0, 0.1) is 5.92 Å². The number of aromatic nitrogens is 1. The highest BCUT2D eigenvalue weighted by Crippen LogP contribution is 2.36. The molecule has 2 nitrogen and oxygen atoms in total. The van der Waals surface area contributed by atoms with Gasteiger partial charge in [-0.15, -0.1) is 0 Å². The predicted octanol–water partition coefficient (Wildman–Crippen LogP) is 3.62. The Hall–Kier alpha value is -2.17. The quantitative estimate of drug-likeness (QED) is 0.726. The molecule has 0 saturated carbocycles. The highest BCUT2D eigenvalue weighted by Gasteiger charge is 2.45. The second-order valence-corrected chi connectivity index (χ2v) is 4.35. The number of hydrogen-bond donors (Lipinski definition) is 0. The molecule has 96 valence electrons. The largest absolute Gasteiger partial charge is 0.402 e. The van der Waals surface area contributed by atoms with Crippen LogP contribution in [-0.2, 0) is 0 Å². The van der Waals surface area contributed by atoms with E-state index in [9.17, 15) is 18.0 Å². The Morgan fingerprint density at radius 1 is 1.16 bits per heavy atom. The van der Waals surface area contributed by atoms with E-state index in [1.165, 1.54) is 6.08 Å². The van der Waals surface area contributed by atoms with Crippen molar-refractivity contribution < 1.29 is 18.0 Å². The summed E-state index contributed by atoms with van der Waals surface area (Å²) >= 11 is 0. The average Bonchev–Trinajstić information content (AvgIpc) is 2.37. The summed E-state index contributed by atoms with van der Waals surface area (Å²) in [5, 5.41) is 1.17. The monoisotopic (exact) mass is 263 g/mol. The number of carbonyl (C=O) groups excluding carboxylic acids is 1. The Morgan fingerprint density at radius 2 is 1.89 bits per heavy atom. The van der Waals surface area contributed by atoms with Gasteiger partial charge in [-0.2, -0.15) is 13.2 Å². The maximum absolute atomic E-state index is 12.8. The van der Waals surface area contributed by atoms with E-state index in [1.807, 2.05) is 0 Å². The van der Waals surface area contributed by atoms with Gasteiger partial charge in [-0.05, 0) is 11.5 Å². The zero-order valence-corrected chi connectivity index (χ0v) is 9.61. The normalized spacial score (nSPS) is 18.7. The maximum atomic E-state index is 12.8. The Bertz CT molecular complexity index is 703. The van der Waals surface area contributed by atoms with Crippen molar-refractivity contribution in [2.24, 2.45) is 5.92 Å². The third kappa shape index (κ3) is 1.82. The summed E-state index contributed by atoms with van der Waals surface area (Å²) in [6.07, 6.45) is -0.879. The van der Waals surface area contributed by atoms with E-state index in [4.69, 9.17) is 0 Å². The molecule has 0 bridgehead atoms. The van der Waals surface area contributed by atoms with Crippen molar-refractivity contribution in [2.45, 2.75) is 6.18 Å². The van der Waals surface area contributed by atoms with Crippen LogP contribution in [0.1, 0.15) is 16.1 Å². The van der Waals surface area contributed by atoms with Gasteiger partial charge >= 0.3 is 6.18 Å². The summed E-state index contributed by atoms with van der Waals surface area (Å²) in [4.78, 5) is 16.1. The van der Waals surface area contributed by atoms with Crippen molar-refractivity contribution in [2.75, 3.05) is 0 Å². The number of hydrogen-bond acceptors (Lipinski definition) is 2. The lowest BCUT2D eigenvalue weighted by Crippen LogP contribution is -2.31. The van der Waals surface area contributed by atoms with Gasteiger partial charge in [-0.1, -0.05) is 30.3 Å². The Kier molecular flexibility index (Phi) is 2.45. The first kappa shape index (κ1) is 11.9. The molecule has 3 rings (SSSR count).